The van der Waals surface area contributed by atoms with Crippen LogP contribution in [0, 0.1) is 13.8 Å². The van der Waals surface area contributed by atoms with Crippen molar-refractivity contribution < 1.29 is 4.74 Å². The van der Waals surface area contributed by atoms with Crippen molar-refractivity contribution in [3.8, 4) is 11.4 Å². The molecule has 0 saturated heterocycles. The van der Waals surface area contributed by atoms with E-state index < -0.39 is 0 Å². The molecule has 0 aliphatic heterocycles. The van der Waals surface area contributed by atoms with Crippen LogP contribution >= 0.6 is 27.3 Å². The van der Waals surface area contributed by atoms with Crippen LogP contribution in [0.2, 0.25) is 0 Å². The summed E-state index contributed by atoms with van der Waals surface area (Å²) < 4.78 is 8.23. The minimum Gasteiger partial charge on any atom is -0.494 e. The van der Waals surface area contributed by atoms with Gasteiger partial charge in [0.15, 0.2) is 0 Å². The lowest BCUT2D eigenvalue weighted by Crippen LogP contribution is -2.21. The molecule has 0 saturated carbocycles. The first kappa shape index (κ1) is 17.1. The monoisotopic (exact) mass is 430 g/mol. The molecule has 0 amide bonds. The van der Waals surface area contributed by atoms with Crippen LogP contribution in [-0.2, 0) is 0 Å². The fourth-order valence-corrected chi connectivity index (χ4v) is 4.32. The van der Waals surface area contributed by atoms with E-state index >= 15 is 0 Å². The SMILES string of the molecule is CCOc1ccc(-n2nnc3c(sc4nc(C)c(Br)c(C)c43)c2=O)cc1. The molecule has 8 heteroatoms. The number of nitrogens with zero attached hydrogens (tertiary/aromatic N) is 4. The van der Waals surface area contributed by atoms with Crippen molar-refractivity contribution in [1.82, 2.24) is 20.0 Å². The molecule has 1 aromatic carbocycles. The van der Waals surface area contributed by atoms with E-state index in [9.17, 15) is 4.79 Å². The zero-order valence-electron chi connectivity index (χ0n) is 14.4. The van der Waals surface area contributed by atoms with E-state index in [1.807, 2.05) is 32.9 Å². The lowest BCUT2D eigenvalue weighted by atomic mass is 10.1. The van der Waals surface area contributed by atoms with Crippen LogP contribution in [-0.4, -0.2) is 26.6 Å². The summed E-state index contributed by atoms with van der Waals surface area (Å²) in [5, 5.41) is 9.35. The fraction of sp³-hybridized carbons (Fsp3) is 0.222. The van der Waals surface area contributed by atoms with Gasteiger partial charge in [-0.3, -0.25) is 4.79 Å². The van der Waals surface area contributed by atoms with Gasteiger partial charge in [0.1, 0.15) is 20.8 Å². The largest absolute Gasteiger partial charge is 0.494 e. The Hall–Kier alpha value is -2.32. The first-order valence-corrected chi connectivity index (χ1v) is 9.70. The number of pyridine rings is 1. The van der Waals surface area contributed by atoms with Crippen LogP contribution < -0.4 is 10.3 Å². The third-order valence-electron chi connectivity index (χ3n) is 4.17. The Bertz CT molecular complexity index is 1200. The second-order valence-electron chi connectivity index (χ2n) is 5.83. The summed E-state index contributed by atoms with van der Waals surface area (Å²) in [5.74, 6) is 0.750. The summed E-state index contributed by atoms with van der Waals surface area (Å²) in [7, 11) is 0. The smallest absolute Gasteiger partial charge is 0.292 e. The maximum atomic E-state index is 13.0. The summed E-state index contributed by atoms with van der Waals surface area (Å²) in [6.45, 7) is 6.45. The van der Waals surface area contributed by atoms with E-state index in [1.54, 1.807) is 12.1 Å². The van der Waals surface area contributed by atoms with Gasteiger partial charge < -0.3 is 4.74 Å². The van der Waals surface area contributed by atoms with Crippen molar-refractivity contribution in [3.05, 3.63) is 50.3 Å². The molecule has 0 aliphatic rings. The van der Waals surface area contributed by atoms with Gasteiger partial charge in [-0.2, -0.15) is 4.68 Å². The van der Waals surface area contributed by atoms with E-state index in [0.29, 0.717) is 22.5 Å². The summed E-state index contributed by atoms with van der Waals surface area (Å²) in [6, 6.07) is 7.22. The molecular weight excluding hydrogens is 416 g/mol. The number of hydrogen-bond donors (Lipinski definition) is 0. The predicted molar refractivity (Wildman–Crippen MR) is 107 cm³/mol. The van der Waals surface area contributed by atoms with Gasteiger partial charge in [0.25, 0.3) is 5.56 Å². The van der Waals surface area contributed by atoms with Crippen LogP contribution in [0.4, 0.5) is 0 Å². The molecule has 0 N–H and O–H groups in total. The minimum absolute atomic E-state index is 0.199. The van der Waals surface area contributed by atoms with Gasteiger partial charge in [-0.25, -0.2) is 4.98 Å². The summed E-state index contributed by atoms with van der Waals surface area (Å²) >= 11 is 4.91. The average Bonchev–Trinajstić information content (AvgIpc) is 3.00. The van der Waals surface area contributed by atoms with E-state index in [4.69, 9.17) is 4.74 Å². The summed E-state index contributed by atoms with van der Waals surface area (Å²) in [4.78, 5) is 18.4. The quantitative estimate of drug-likeness (QED) is 0.487. The fourth-order valence-electron chi connectivity index (χ4n) is 2.90. The van der Waals surface area contributed by atoms with Crippen LogP contribution in [0.1, 0.15) is 18.2 Å². The van der Waals surface area contributed by atoms with Crippen molar-refractivity contribution in [2.24, 2.45) is 0 Å². The van der Waals surface area contributed by atoms with E-state index in [1.165, 1.54) is 16.0 Å². The van der Waals surface area contributed by atoms with E-state index in [0.717, 1.165) is 31.7 Å². The number of aryl methyl sites for hydroxylation is 2. The van der Waals surface area contributed by atoms with Gasteiger partial charge in [-0.05, 0) is 66.5 Å². The van der Waals surface area contributed by atoms with Crippen molar-refractivity contribution >= 4 is 47.7 Å². The van der Waals surface area contributed by atoms with Gasteiger partial charge in [0.05, 0.1) is 18.0 Å². The second-order valence-corrected chi connectivity index (χ2v) is 7.62. The molecule has 132 valence electrons. The Balaban J connectivity index is 1.94. The molecule has 0 bridgehead atoms. The zero-order valence-corrected chi connectivity index (χ0v) is 16.8. The Morgan fingerprint density at radius 3 is 2.65 bits per heavy atom. The number of fused-ring (bicyclic) bond motifs is 3. The minimum atomic E-state index is -0.199. The first-order chi connectivity index (χ1) is 12.5. The number of aromatic nitrogens is 4. The molecule has 4 rings (SSSR count). The Morgan fingerprint density at radius 2 is 1.96 bits per heavy atom. The lowest BCUT2D eigenvalue weighted by Gasteiger charge is -2.06. The molecule has 0 aliphatic carbocycles. The van der Waals surface area contributed by atoms with Crippen LogP contribution in [0.5, 0.6) is 5.75 Å². The Morgan fingerprint density at radius 1 is 1.23 bits per heavy atom. The topological polar surface area (TPSA) is 69.9 Å². The normalized spacial score (nSPS) is 11.4. The highest BCUT2D eigenvalue weighted by atomic mass is 79.9. The van der Waals surface area contributed by atoms with Gasteiger partial charge in [0.2, 0.25) is 0 Å². The zero-order chi connectivity index (χ0) is 18.4. The molecule has 0 radical (unpaired) electrons. The van der Waals surface area contributed by atoms with Crippen molar-refractivity contribution in [2.75, 3.05) is 6.61 Å². The number of benzene rings is 1. The molecule has 3 aromatic heterocycles. The standard InChI is InChI=1S/C18H15BrN4O2S/c1-4-25-12-7-5-11(6-8-12)23-18(24)16-15(21-22-23)13-9(2)14(19)10(3)20-17(13)26-16/h5-8H,4H2,1-3H3. The van der Waals surface area contributed by atoms with Crippen LogP contribution in [0.25, 0.3) is 26.1 Å². The summed E-state index contributed by atoms with van der Waals surface area (Å²) in [5.41, 5.74) is 2.96. The third kappa shape index (κ3) is 2.60. The molecule has 0 unspecified atom stereocenters. The lowest BCUT2D eigenvalue weighted by molar-refractivity contribution is 0.340. The maximum Gasteiger partial charge on any atom is 0.292 e. The van der Waals surface area contributed by atoms with Crippen LogP contribution in [0.15, 0.2) is 33.5 Å². The van der Waals surface area contributed by atoms with Gasteiger partial charge >= 0.3 is 0 Å². The Labute approximate surface area is 161 Å². The van der Waals surface area contributed by atoms with Crippen molar-refractivity contribution in [2.45, 2.75) is 20.8 Å². The highest BCUT2D eigenvalue weighted by molar-refractivity contribution is 9.10. The number of halogens is 1. The van der Waals surface area contributed by atoms with Gasteiger partial charge in [0, 0.05) is 9.86 Å². The molecule has 0 fully saturated rings. The number of ether oxygens (including phenoxy) is 1. The summed E-state index contributed by atoms with van der Waals surface area (Å²) in [6.07, 6.45) is 0. The Kier molecular flexibility index (Phi) is 4.24. The third-order valence-corrected chi connectivity index (χ3v) is 6.40. The molecule has 4 aromatic rings. The number of thiophene rings is 1. The second kappa shape index (κ2) is 6.44. The van der Waals surface area contributed by atoms with Crippen molar-refractivity contribution in [1.29, 1.82) is 0 Å². The molecule has 3 heterocycles. The van der Waals surface area contributed by atoms with Crippen molar-refractivity contribution in [3.63, 3.8) is 0 Å². The van der Waals surface area contributed by atoms with Gasteiger partial charge in [-0.15, -0.1) is 16.4 Å². The number of hydrogen-bond acceptors (Lipinski definition) is 6. The highest BCUT2D eigenvalue weighted by Gasteiger charge is 2.18. The van der Waals surface area contributed by atoms with E-state index in [2.05, 4.69) is 31.2 Å². The van der Waals surface area contributed by atoms with Crippen LogP contribution in [0.3, 0.4) is 0 Å². The predicted octanol–water partition coefficient (Wildman–Crippen LogP) is 4.17. The molecule has 26 heavy (non-hydrogen) atoms. The molecular formula is C18H15BrN4O2S. The molecule has 6 nitrogen and oxygen atoms in total. The molecule has 0 atom stereocenters. The average molecular weight is 431 g/mol. The van der Waals surface area contributed by atoms with E-state index in [-0.39, 0.29) is 5.56 Å². The highest BCUT2D eigenvalue weighted by Crippen LogP contribution is 2.35. The molecule has 0 spiro atoms. The van der Waals surface area contributed by atoms with Gasteiger partial charge in [-0.1, -0.05) is 5.21 Å². The number of rotatable bonds is 3. The maximum absolute atomic E-state index is 13.0. The first-order valence-electron chi connectivity index (χ1n) is 8.09.